The summed E-state index contributed by atoms with van der Waals surface area (Å²) in [5.74, 6) is 0.559. The molecular formula is C18H12ClN3S. The number of hydrogen-bond acceptors (Lipinski definition) is 4. The van der Waals surface area contributed by atoms with Crippen LogP contribution < -0.4 is 0 Å². The van der Waals surface area contributed by atoms with Crippen LogP contribution in [0.3, 0.4) is 0 Å². The van der Waals surface area contributed by atoms with Gasteiger partial charge in [-0.05, 0) is 24.6 Å². The summed E-state index contributed by atoms with van der Waals surface area (Å²) in [7, 11) is 0. The molecule has 0 aliphatic rings. The lowest BCUT2D eigenvalue weighted by Crippen LogP contribution is -1.92. The Balaban J connectivity index is 1.97. The molecule has 0 saturated carbocycles. The lowest BCUT2D eigenvalue weighted by atomic mass is 10.0. The van der Waals surface area contributed by atoms with Crippen molar-refractivity contribution in [3.8, 4) is 22.6 Å². The molecule has 0 atom stereocenters. The van der Waals surface area contributed by atoms with Crippen LogP contribution in [-0.2, 0) is 0 Å². The molecule has 1 aromatic carbocycles. The van der Waals surface area contributed by atoms with Crippen LogP contribution in [0.2, 0.25) is 5.15 Å². The molecule has 112 valence electrons. The van der Waals surface area contributed by atoms with E-state index in [4.69, 9.17) is 11.6 Å². The van der Waals surface area contributed by atoms with Crippen LogP contribution in [0, 0.1) is 6.92 Å². The number of hydrogen-bond donors (Lipinski definition) is 0. The Bertz CT molecular complexity index is 982. The first-order valence-corrected chi connectivity index (χ1v) is 8.37. The Hall–Kier alpha value is -2.30. The van der Waals surface area contributed by atoms with E-state index in [-0.39, 0.29) is 0 Å². The largest absolute Gasteiger partial charge is 0.253 e. The zero-order valence-electron chi connectivity index (χ0n) is 12.3. The third-order valence-electron chi connectivity index (χ3n) is 3.64. The molecule has 3 heterocycles. The van der Waals surface area contributed by atoms with Gasteiger partial charge in [-0.1, -0.05) is 48.0 Å². The number of aryl methyl sites for hydroxylation is 1. The molecule has 4 rings (SSSR count). The third kappa shape index (κ3) is 2.50. The van der Waals surface area contributed by atoms with Crippen molar-refractivity contribution in [1.29, 1.82) is 0 Å². The summed E-state index contributed by atoms with van der Waals surface area (Å²) in [6.07, 6.45) is 1.73. The molecule has 0 N–H and O–H groups in total. The zero-order valence-corrected chi connectivity index (χ0v) is 13.9. The molecule has 0 aliphatic heterocycles. The van der Waals surface area contributed by atoms with Gasteiger partial charge < -0.3 is 0 Å². The molecule has 0 unspecified atom stereocenters. The van der Waals surface area contributed by atoms with Crippen molar-refractivity contribution in [2.75, 3.05) is 0 Å². The predicted octanol–water partition coefficient (Wildman–Crippen LogP) is 5.38. The Morgan fingerprint density at radius 2 is 1.74 bits per heavy atom. The number of pyridine rings is 1. The van der Waals surface area contributed by atoms with E-state index in [9.17, 15) is 0 Å². The molecule has 0 saturated heterocycles. The summed E-state index contributed by atoms with van der Waals surface area (Å²) < 4.78 is 0. The van der Waals surface area contributed by atoms with Gasteiger partial charge in [0.05, 0.1) is 5.39 Å². The smallest absolute Gasteiger partial charge is 0.180 e. The van der Waals surface area contributed by atoms with Crippen LogP contribution in [-0.4, -0.2) is 15.0 Å². The fraction of sp³-hybridized carbons (Fsp3) is 0.0556. The van der Waals surface area contributed by atoms with E-state index < -0.39 is 0 Å². The summed E-state index contributed by atoms with van der Waals surface area (Å²) in [5, 5.41) is 1.39. The fourth-order valence-corrected chi connectivity index (χ4v) is 4.00. The van der Waals surface area contributed by atoms with E-state index >= 15 is 0 Å². The fourth-order valence-electron chi connectivity index (χ4n) is 2.63. The average Bonchev–Trinajstić information content (AvgIpc) is 2.93. The maximum atomic E-state index is 6.51. The van der Waals surface area contributed by atoms with Crippen LogP contribution in [0.15, 0.2) is 54.7 Å². The van der Waals surface area contributed by atoms with Crippen molar-refractivity contribution in [1.82, 2.24) is 15.0 Å². The lowest BCUT2D eigenvalue weighted by Gasteiger charge is -2.04. The topological polar surface area (TPSA) is 38.7 Å². The number of rotatable bonds is 2. The number of halogens is 1. The lowest BCUT2D eigenvalue weighted by molar-refractivity contribution is 1.18. The molecule has 0 amide bonds. The SMILES string of the molecule is Cc1sc2nc(-c3ccccn3)nc(Cl)c2c1-c1ccccc1. The number of nitrogens with zero attached hydrogens (tertiary/aromatic N) is 3. The van der Waals surface area contributed by atoms with Crippen molar-refractivity contribution in [2.45, 2.75) is 6.92 Å². The van der Waals surface area contributed by atoms with E-state index in [1.54, 1.807) is 17.5 Å². The summed E-state index contributed by atoms with van der Waals surface area (Å²) in [6, 6.07) is 15.9. The maximum absolute atomic E-state index is 6.51. The molecule has 23 heavy (non-hydrogen) atoms. The maximum Gasteiger partial charge on any atom is 0.180 e. The standard InChI is InChI=1S/C18H12ClN3S/c1-11-14(12-7-3-2-4-8-12)15-16(19)21-17(22-18(15)23-11)13-9-5-6-10-20-13/h2-10H,1H3. The average molecular weight is 338 g/mol. The Kier molecular flexibility index (Phi) is 3.56. The molecule has 3 nitrogen and oxygen atoms in total. The normalized spacial score (nSPS) is 11.0. The summed E-state index contributed by atoms with van der Waals surface area (Å²) in [5.41, 5.74) is 2.97. The quantitative estimate of drug-likeness (QED) is 0.461. The molecule has 0 spiro atoms. The third-order valence-corrected chi connectivity index (χ3v) is 4.91. The van der Waals surface area contributed by atoms with Gasteiger partial charge in [0.2, 0.25) is 0 Å². The highest BCUT2D eigenvalue weighted by molar-refractivity contribution is 7.19. The molecular weight excluding hydrogens is 326 g/mol. The van der Waals surface area contributed by atoms with Crippen LogP contribution in [0.25, 0.3) is 32.9 Å². The van der Waals surface area contributed by atoms with Gasteiger partial charge in [0.1, 0.15) is 15.7 Å². The minimum Gasteiger partial charge on any atom is -0.253 e. The van der Waals surface area contributed by atoms with Gasteiger partial charge in [0.25, 0.3) is 0 Å². The van der Waals surface area contributed by atoms with Gasteiger partial charge in [-0.25, -0.2) is 9.97 Å². The van der Waals surface area contributed by atoms with E-state index in [0.717, 1.165) is 27.0 Å². The minimum atomic E-state index is 0.471. The number of fused-ring (bicyclic) bond motifs is 1. The second-order valence-corrected chi connectivity index (χ2v) is 6.69. The molecule has 0 aliphatic carbocycles. The summed E-state index contributed by atoms with van der Waals surface area (Å²) in [4.78, 5) is 15.5. The van der Waals surface area contributed by atoms with Crippen LogP contribution >= 0.6 is 22.9 Å². The van der Waals surface area contributed by atoms with Gasteiger partial charge in [-0.15, -0.1) is 11.3 Å². The van der Waals surface area contributed by atoms with Gasteiger partial charge in [-0.3, -0.25) is 4.98 Å². The first-order valence-electron chi connectivity index (χ1n) is 7.17. The molecule has 0 radical (unpaired) electrons. The zero-order chi connectivity index (χ0) is 15.8. The van der Waals surface area contributed by atoms with E-state index in [1.165, 1.54) is 4.88 Å². The van der Waals surface area contributed by atoms with Gasteiger partial charge in [0, 0.05) is 16.6 Å². The van der Waals surface area contributed by atoms with Crippen molar-refractivity contribution in [3.63, 3.8) is 0 Å². The Labute approximate surface area is 142 Å². The highest BCUT2D eigenvalue weighted by atomic mass is 35.5. The minimum absolute atomic E-state index is 0.471. The van der Waals surface area contributed by atoms with E-state index in [2.05, 4.69) is 34.0 Å². The second-order valence-electron chi connectivity index (χ2n) is 5.13. The monoisotopic (exact) mass is 337 g/mol. The Morgan fingerprint density at radius 3 is 2.48 bits per heavy atom. The van der Waals surface area contributed by atoms with Crippen molar-refractivity contribution >= 4 is 33.2 Å². The Morgan fingerprint density at radius 1 is 0.957 bits per heavy atom. The first kappa shape index (κ1) is 14.3. The highest BCUT2D eigenvalue weighted by Crippen LogP contribution is 2.40. The van der Waals surface area contributed by atoms with E-state index in [1.807, 2.05) is 36.4 Å². The molecule has 0 fully saturated rings. The molecule has 0 bridgehead atoms. The van der Waals surface area contributed by atoms with Crippen LogP contribution in [0.1, 0.15) is 4.88 Å². The van der Waals surface area contributed by atoms with Crippen molar-refractivity contribution in [3.05, 3.63) is 64.8 Å². The number of benzene rings is 1. The summed E-state index contributed by atoms with van der Waals surface area (Å²) >= 11 is 8.14. The van der Waals surface area contributed by atoms with Crippen molar-refractivity contribution < 1.29 is 0 Å². The van der Waals surface area contributed by atoms with Crippen LogP contribution in [0.5, 0.6) is 0 Å². The molecule has 3 aromatic heterocycles. The summed E-state index contributed by atoms with van der Waals surface area (Å²) in [6.45, 7) is 2.09. The number of aromatic nitrogens is 3. The van der Waals surface area contributed by atoms with Gasteiger partial charge in [-0.2, -0.15) is 0 Å². The molecule has 5 heteroatoms. The second kappa shape index (κ2) is 5.72. The van der Waals surface area contributed by atoms with Crippen molar-refractivity contribution in [2.24, 2.45) is 0 Å². The highest BCUT2D eigenvalue weighted by Gasteiger charge is 2.18. The van der Waals surface area contributed by atoms with Gasteiger partial charge in [0.15, 0.2) is 5.82 Å². The number of thiophene rings is 1. The van der Waals surface area contributed by atoms with Gasteiger partial charge >= 0.3 is 0 Å². The van der Waals surface area contributed by atoms with E-state index in [0.29, 0.717) is 11.0 Å². The molecule has 4 aromatic rings. The first-order chi connectivity index (χ1) is 11.2. The predicted molar refractivity (Wildman–Crippen MR) is 95.8 cm³/mol. The van der Waals surface area contributed by atoms with Crippen LogP contribution in [0.4, 0.5) is 0 Å².